The zero-order valence-corrected chi connectivity index (χ0v) is 8.67. The standard InChI is InChI=1S/C13H17F/c1-2-3-4-5-6-7-12-8-10-13(14)11-9-12/h5-6,8-11H,2-4,7H2,1H3/b6-5+. The van der Waals surface area contributed by atoms with Crippen LogP contribution in [-0.2, 0) is 6.42 Å². The van der Waals surface area contributed by atoms with Crippen LogP contribution in [0.25, 0.3) is 0 Å². The summed E-state index contributed by atoms with van der Waals surface area (Å²) in [4.78, 5) is 0. The summed E-state index contributed by atoms with van der Waals surface area (Å²) < 4.78 is 12.6. The van der Waals surface area contributed by atoms with Crippen molar-refractivity contribution in [3.63, 3.8) is 0 Å². The van der Waals surface area contributed by atoms with Crippen LogP contribution in [0.2, 0.25) is 0 Å². The Morgan fingerprint density at radius 1 is 1.14 bits per heavy atom. The lowest BCUT2D eigenvalue weighted by Gasteiger charge is -1.95. The second-order valence-electron chi connectivity index (χ2n) is 3.44. The molecule has 14 heavy (non-hydrogen) atoms. The van der Waals surface area contributed by atoms with Gasteiger partial charge in [-0.3, -0.25) is 0 Å². The molecule has 0 aliphatic rings. The van der Waals surface area contributed by atoms with Gasteiger partial charge in [0.2, 0.25) is 0 Å². The van der Waals surface area contributed by atoms with Crippen molar-refractivity contribution in [3.05, 3.63) is 47.8 Å². The Kier molecular flexibility index (Phi) is 4.98. The lowest BCUT2D eigenvalue weighted by Crippen LogP contribution is -1.81. The maximum absolute atomic E-state index is 12.6. The monoisotopic (exact) mass is 192 g/mol. The molecular weight excluding hydrogens is 175 g/mol. The Hall–Kier alpha value is -1.11. The first-order chi connectivity index (χ1) is 6.83. The first-order valence-corrected chi connectivity index (χ1v) is 5.22. The molecule has 0 aromatic heterocycles. The number of benzene rings is 1. The van der Waals surface area contributed by atoms with Gasteiger partial charge in [-0.25, -0.2) is 4.39 Å². The SMILES string of the molecule is CCCC/C=C/Cc1ccc(F)cc1. The summed E-state index contributed by atoms with van der Waals surface area (Å²) in [5.41, 5.74) is 1.17. The van der Waals surface area contributed by atoms with E-state index in [-0.39, 0.29) is 5.82 Å². The summed E-state index contributed by atoms with van der Waals surface area (Å²) >= 11 is 0. The molecule has 0 bridgehead atoms. The number of allylic oxidation sites excluding steroid dienone is 2. The molecule has 0 amide bonds. The fourth-order valence-corrected chi connectivity index (χ4v) is 1.28. The maximum atomic E-state index is 12.6. The van der Waals surface area contributed by atoms with Crippen molar-refractivity contribution in [1.82, 2.24) is 0 Å². The second kappa shape index (κ2) is 6.36. The zero-order chi connectivity index (χ0) is 10.2. The highest BCUT2D eigenvalue weighted by Crippen LogP contribution is 2.04. The highest BCUT2D eigenvalue weighted by molar-refractivity contribution is 5.18. The Morgan fingerprint density at radius 3 is 2.50 bits per heavy atom. The molecule has 0 spiro atoms. The third-order valence-electron chi connectivity index (χ3n) is 2.16. The number of rotatable bonds is 5. The van der Waals surface area contributed by atoms with Gasteiger partial charge in [0.1, 0.15) is 5.82 Å². The maximum Gasteiger partial charge on any atom is 0.123 e. The largest absolute Gasteiger partial charge is 0.207 e. The van der Waals surface area contributed by atoms with Crippen molar-refractivity contribution < 1.29 is 4.39 Å². The van der Waals surface area contributed by atoms with Crippen molar-refractivity contribution in [1.29, 1.82) is 0 Å². The van der Waals surface area contributed by atoms with Crippen molar-refractivity contribution in [2.24, 2.45) is 0 Å². The number of halogens is 1. The molecule has 0 N–H and O–H groups in total. The van der Waals surface area contributed by atoms with E-state index >= 15 is 0 Å². The summed E-state index contributed by atoms with van der Waals surface area (Å²) in [6.45, 7) is 2.19. The molecule has 0 fully saturated rings. The van der Waals surface area contributed by atoms with Gasteiger partial charge >= 0.3 is 0 Å². The fraction of sp³-hybridized carbons (Fsp3) is 0.385. The van der Waals surface area contributed by atoms with Crippen LogP contribution in [0, 0.1) is 5.82 Å². The van der Waals surface area contributed by atoms with E-state index in [2.05, 4.69) is 19.1 Å². The Labute approximate surface area is 85.5 Å². The first kappa shape index (κ1) is 11.0. The van der Waals surface area contributed by atoms with Crippen molar-refractivity contribution >= 4 is 0 Å². The van der Waals surface area contributed by atoms with Crippen molar-refractivity contribution in [2.75, 3.05) is 0 Å². The Morgan fingerprint density at radius 2 is 1.86 bits per heavy atom. The lowest BCUT2D eigenvalue weighted by molar-refractivity contribution is 0.627. The number of hydrogen-bond donors (Lipinski definition) is 0. The van der Waals surface area contributed by atoms with Crippen LogP contribution in [0.3, 0.4) is 0 Å². The van der Waals surface area contributed by atoms with Gasteiger partial charge in [-0.2, -0.15) is 0 Å². The molecule has 1 aromatic rings. The third-order valence-corrected chi connectivity index (χ3v) is 2.16. The van der Waals surface area contributed by atoms with Gasteiger partial charge in [0.15, 0.2) is 0 Å². The number of hydrogen-bond acceptors (Lipinski definition) is 0. The molecule has 1 heteroatoms. The zero-order valence-electron chi connectivity index (χ0n) is 8.67. The van der Waals surface area contributed by atoms with Crippen LogP contribution in [0.1, 0.15) is 31.7 Å². The van der Waals surface area contributed by atoms with Crippen LogP contribution in [0.4, 0.5) is 4.39 Å². The molecule has 0 saturated carbocycles. The highest BCUT2D eigenvalue weighted by atomic mass is 19.1. The third kappa shape index (κ3) is 4.22. The van der Waals surface area contributed by atoms with Gasteiger partial charge in [-0.05, 0) is 30.5 Å². The molecule has 0 nitrogen and oxygen atoms in total. The van der Waals surface area contributed by atoms with E-state index in [1.165, 1.54) is 30.5 Å². The Bertz CT molecular complexity index is 272. The van der Waals surface area contributed by atoms with Crippen molar-refractivity contribution in [3.8, 4) is 0 Å². The predicted molar refractivity (Wildman–Crippen MR) is 58.8 cm³/mol. The average Bonchev–Trinajstić information content (AvgIpc) is 2.21. The van der Waals surface area contributed by atoms with Gasteiger partial charge in [0.05, 0.1) is 0 Å². The minimum atomic E-state index is -0.163. The molecule has 0 atom stereocenters. The molecule has 0 heterocycles. The van der Waals surface area contributed by atoms with Gasteiger partial charge in [-0.1, -0.05) is 44.1 Å². The summed E-state index contributed by atoms with van der Waals surface area (Å²) in [6.07, 6.45) is 8.90. The lowest BCUT2D eigenvalue weighted by atomic mass is 10.1. The highest BCUT2D eigenvalue weighted by Gasteiger charge is 1.90. The smallest absolute Gasteiger partial charge is 0.123 e. The molecule has 0 aliphatic carbocycles. The normalized spacial score (nSPS) is 11.0. The van der Waals surface area contributed by atoms with E-state index in [1.54, 1.807) is 0 Å². The van der Waals surface area contributed by atoms with E-state index < -0.39 is 0 Å². The first-order valence-electron chi connectivity index (χ1n) is 5.22. The molecule has 0 radical (unpaired) electrons. The second-order valence-corrected chi connectivity index (χ2v) is 3.44. The molecule has 0 aliphatic heterocycles. The van der Waals surface area contributed by atoms with Crippen LogP contribution < -0.4 is 0 Å². The van der Waals surface area contributed by atoms with Gasteiger partial charge < -0.3 is 0 Å². The van der Waals surface area contributed by atoms with Gasteiger partial charge in [0.25, 0.3) is 0 Å². The summed E-state index contributed by atoms with van der Waals surface area (Å²) in [5, 5.41) is 0. The molecular formula is C13H17F. The molecule has 1 rings (SSSR count). The molecule has 76 valence electrons. The average molecular weight is 192 g/mol. The molecule has 1 aromatic carbocycles. The van der Waals surface area contributed by atoms with Gasteiger partial charge in [-0.15, -0.1) is 0 Å². The van der Waals surface area contributed by atoms with E-state index in [9.17, 15) is 4.39 Å². The van der Waals surface area contributed by atoms with Crippen LogP contribution >= 0.6 is 0 Å². The van der Waals surface area contributed by atoms with E-state index in [0.717, 1.165) is 12.8 Å². The quantitative estimate of drug-likeness (QED) is 0.486. The minimum absolute atomic E-state index is 0.163. The van der Waals surface area contributed by atoms with E-state index in [4.69, 9.17) is 0 Å². The van der Waals surface area contributed by atoms with Gasteiger partial charge in [0, 0.05) is 0 Å². The number of unbranched alkanes of at least 4 members (excludes halogenated alkanes) is 2. The Balaban J connectivity index is 2.30. The summed E-state index contributed by atoms with van der Waals surface area (Å²) in [5.74, 6) is -0.163. The van der Waals surface area contributed by atoms with E-state index in [1.807, 2.05) is 12.1 Å². The minimum Gasteiger partial charge on any atom is -0.207 e. The summed E-state index contributed by atoms with van der Waals surface area (Å²) in [7, 11) is 0. The summed E-state index contributed by atoms with van der Waals surface area (Å²) in [6, 6.07) is 6.68. The predicted octanol–water partition coefficient (Wildman–Crippen LogP) is 4.11. The van der Waals surface area contributed by atoms with E-state index in [0.29, 0.717) is 0 Å². The van der Waals surface area contributed by atoms with Crippen LogP contribution in [-0.4, -0.2) is 0 Å². The molecule has 0 unspecified atom stereocenters. The van der Waals surface area contributed by atoms with Crippen molar-refractivity contribution in [2.45, 2.75) is 32.6 Å². The topological polar surface area (TPSA) is 0 Å². The van der Waals surface area contributed by atoms with Crippen LogP contribution in [0.5, 0.6) is 0 Å². The van der Waals surface area contributed by atoms with Crippen LogP contribution in [0.15, 0.2) is 36.4 Å². The molecule has 0 saturated heterocycles. The fourth-order valence-electron chi connectivity index (χ4n) is 1.28.